The van der Waals surface area contributed by atoms with Gasteiger partial charge in [0.25, 0.3) is 0 Å². The zero-order chi connectivity index (χ0) is 59.6. The molecule has 3 aliphatic rings. The van der Waals surface area contributed by atoms with E-state index in [4.69, 9.17) is 37.5 Å². The maximum absolute atomic E-state index is 14.0. The molecule has 0 bridgehead atoms. The van der Waals surface area contributed by atoms with Crippen LogP contribution >= 0.6 is 7.82 Å². The molecule has 0 radical (unpaired) electrons. The Hall–Kier alpha value is -1.81. The lowest BCUT2D eigenvalue weighted by molar-refractivity contribution is -0.360. The first kappa shape index (κ1) is 73.4. The summed E-state index contributed by atoms with van der Waals surface area (Å²) >= 11 is 0. The van der Waals surface area contributed by atoms with E-state index in [0.717, 1.165) is 51.4 Å². The molecular weight excluding hydrogens is 1080 g/mol. The van der Waals surface area contributed by atoms with Crippen molar-refractivity contribution in [3.63, 3.8) is 0 Å². The Morgan fingerprint density at radius 1 is 0.457 bits per heavy atom. The number of unbranched alkanes of at least 4 members (excludes halogenated alkanes) is 25. The molecule has 0 spiro atoms. The quantitative estimate of drug-likeness (QED) is 0.0170. The van der Waals surface area contributed by atoms with Gasteiger partial charge in [0.2, 0.25) is 0 Å². The van der Waals surface area contributed by atoms with Crippen molar-refractivity contribution < 1.29 is 113 Å². The van der Waals surface area contributed by atoms with E-state index in [9.17, 15) is 75.2 Å². The van der Waals surface area contributed by atoms with Gasteiger partial charge in [0.15, 0.2) is 18.7 Å². The highest BCUT2D eigenvalue weighted by atomic mass is 31.2. The first-order valence-corrected chi connectivity index (χ1v) is 32.0. The SMILES string of the molecule is CCCCCCCCCC=CCCCCCC(=O)OC(COC(=O)CCCCCCCCCCCCCCCCCC)COP(=O)(O)OC1C(OC2OC(CO)C(O)C(O)C2O)C(O)C(O)C(O)C1OC1OC(CO)C(O)C(O)C1O. The van der Waals surface area contributed by atoms with Crippen LogP contribution in [0.15, 0.2) is 12.2 Å². The molecule has 81 heavy (non-hydrogen) atoms. The Balaban J connectivity index is 1.68. The van der Waals surface area contributed by atoms with Crippen LogP contribution in [0.1, 0.15) is 206 Å². The lowest BCUT2D eigenvalue weighted by atomic mass is 9.84. The van der Waals surface area contributed by atoms with E-state index in [1.807, 2.05) is 0 Å². The number of esters is 2. The summed E-state index contributed by atoms with van der Waals surface area (Å²) in [6, 6.07) is 0. The monoisotopic (exact) mass is 1190 g/mol. The molecule has 3 rings (SSSR count). The minimum atomic E-state index is -5.64. The smallest absolute Gasteiger partial charge is 0.462 e. The van der Waals surface area contributed by atoms with E-state index in [-0.39, 0.29) is 12.8 Å². The number of phosphoric acid groups is 1. The van der Waals surface area contributed by atoms with Crippen molar-refractivity contribution in [1.82, 2.24) is 0 Å². The Labute approximate surface area is 480 Å². The van der Waals surface area contributed by atoms with Crippen LogP contribution in [-0.4, -0.2) is 204 Å². The Morgan fingerprint density at radius 3 is 1.22 bits per heavy atom. The molecule has 0 aromatic rings. The van der Waals surface area contributed by atoms with Gasteiger partial charge in [-0.3, -0.25) is 18.6 Å². The summed E-state index contributed by atoms with van der Waals surface area (Å²) in [7, 11) is -5.64. The van der Waals surface area contributed by atoms with Gasteiger partial charge in [-0.05, 0) is 38.5 Å². The summed E-state index contributed by atoms with van der Waals surface area (Å²) in [5, 5.41) is 117. The largest absolute Gasteiger partial charge is 0.472 e. The van der Waals surface area contributed by atoms with Gasteiger partial charge >= 0.3 is 19.8 Å². The van der Waals surface area contributed by atoms with Crippen LogP contribution in [0.3, 0.4) is 0 Å². The molecule has 1 aliphatic carbocycles. The van der Waals surface area contributed by atoms with Crippen LogP contribution < -0.4 is 0 Å². The highest BCUT2D eigenvalue weighted by molar-refractivity contribution is 7.47. The highest BCUT2D eigenvalue weighted by Crippen LogP contribution is 2.49. The third-order valence-corrected chi connectivity index (χ3v) is 16.3. The van der Waals surface area contributed by atoms with Crippen LogP contribution in [0.25, 0.3) is 0 Å². The van der Waals surface area contributed by atoms with E-state index in [1.54, 1.807) is 0 Å². The lowest BCUT2D eigenvalue weighted by Gasteiger charge is -2.49. The molecular formula is C57H105O23P. The normalized spacial score (nSPS) is 31.0. The molecule has 476 valence electrons. The van der Waals surface area contributed by atoms with Gasteiger partial charge in [0, 0.05) is 12.8 Å². The van der Waals surface area contributed by atoms with E-state index >= 15 is 0 Å². The average molecular weight is 1190 g/mol. The number of rotatable bonds is 45. The molecule has 0 aromatic heterocycles. The molecule has 0 amide bonds. The molecule has 0 aromatic carbocycles. The molecule has 24 heteroatoms. The first-order chi connectivity index (χ1) is 38.9. The Kier molecular flexibility index (Phi) is 38.2. The fourth-order valence-corrected chi connectivity index (χ4v) is 11.2. The number of carbonyl (C=O) groups is 2. The molecule has 23 nitrogen and oxygen atoms in total. The predicted octanol–water partition coefficient (Wildman–Crippen LogP) is 4.71. The van der Waals surface area contributed by atoms with Gasteiger partial charge in [-0.2, -0.15) is 0 Å². The Morgan fingerprint density at radius 2 is 0.815 bits per heavy atom. The second kappa shape index (κ2) is 42.1. The molecule has 12 N–H and O–H groups in total. The van der Waals surface area contributed by atoms with Crippen LogP contribution in [0.5, 0.6) is 0 Å². The molecule has 16 atom stereocenters. The second-order valence-corrected chi connectivity index (χ2v) is 23.6. The van der Waals surface area contributed by atoms with E-state index in [0.29, 0.717) is 19.3 Å². The summed E-state index contributed by atoms with van der Waals surface area (Å²) in [6.45, 7) is 1.01. The molecule has 1 saturated carbocycles. The van der Waals surface area contributed by atoms with Crippen molar-refractivity contribution in [2.75, 3.05) is 26.4 Å². The average Bonchev–Trinajstić information content (AvgIpc) is 3.48. The molecule has 2 aliphatic heterocycles. The number of allylic oxidation sites excluding steroid dienone is 2. The van der Waals surface area contributed by atoms with E-state index in [2.05, 4.69) is 26.0 Å². The predicted molar refractivity (Wildman–Crippen MR) is 296 cm³/mol. The van der Waals surface area contributed by atoms with Crippen molar-refractivity contribution in [2.24, 2.45) is 0 Å². The van der Waals surface area contributed by atoms with Gasteiger partial charge < -0.3 is 89.5 Å². The van der Waals surface area contributed by atoms with Crippen molar-refractivity contribution in [3.8, 4) is 0 Å². The fraction of sp³-hybridized carbons (Fsp3) is 0.930. The summed E-state index contributed by atoms with van der Waals surface area (Å²) < 4.78 is 58.1. The lowest BCUT2D eigenvalue weighted by Crippen LogP contribution is -2.69. The topological polar surface area (TPSA) is 368 Å². The van der Waals surface area contributed by atoms with Gasteiger partial charge in [0.1, 0.15) is 92.1 Å². The maximum atomic E-state index is 14.0. The van der Waals surface area contributed by atoms with Crippen LogP contribution in [-0.2, 0) is 51.6 Å². The Bertz CT molecular complexity index is 1660. The minimum Gasteiger partial charge on any atom is -0.462 e. The van der Waals surface area contributed by atoms with Crippen molar-refractivity contribution in [3.05, 3.63) is 12.2 Å². The van der Waals surface area contributed by atoms with E-state index < -0.39 is 150 Å². The van der Waals surface area contributed by atoms with Crippen molar-refractivity contribution in [2.45, 2.75) is 311 Å². The summed E-state index contributed by atoms with van der Waals surface area (Å²) in [5.41, 5.74) is 0. The zero-order valence-electron chi connectivity index (χ0n) is 48.3. The molecule has 2 saturated heterocycles. The van der Waals surface area contributed by atoms with E-state index in [1.165, 1.54) is 109 Å². The van der Waals surface area contributed by atoms with Gasteiger partial charge in [-0.15, -0.1) is 0 Å². The van der Waals surface area contributed by atoms with Crippen molar-refractivity contribution >= 4 is 19.8 Å². The third kappa shape index (κ3) is 27.6. The van der Waals surface area contributed by atoms with Gasteiger partial charge in [0.05, 0.1) is 19.8 Å². The standard InChI is InChI=1S/C57H105O23P/c1-3-5-7-9-11-13-15-17-19-20-22-23-25-27-29-31-33-42(60)73-37-39(75-43(61)34-32-30-28-26-24-21-18-16-14-12-10-8-6-4-2)38-74-81(71,72)80-55-53(78-56-51(69)46(64)44(62)40(35-58)76-56)49(67)48(66)50(68)54(55)79-57-52(70)47(65)45(63)41(36-59)77-57/h21,24,39-41,44-59,62-70H,3-20,22-23,25-38H2,1-2H3,(H,71,72). The summed E-state index contributed by atoms with van der Waals surface area (Å²) in [6.07, 6.45) is 0.461. The summed E-state index contributed by atoms with van der Waals surface area (Å²) in [4.78, 5) is 37.5. The zero-order valence-corrected chi connectivity index (χ0v) is 49.2. The number of ether oxygens (including phenoxy) is 6. The number of hydrogen-bond acceptors (Lipinski definition) is 22. The number of aliphatic hydroxyl groups is 11. The van der Waals surface area contributed by atoms with Crippen LogP contribution in [0.4, 0.5) is 0 Å². The van der Waals surface area contributed by atoms with Crippen LogP contribution in [0, 0.1) is 0 Å². The maximum Gasteiger partial charge on any atom is 0.472 e. The number of carbonyl (C=O) groups excluding carboxylic acids is 2. The van der Waals surface area contributed by atoms with Crippen molar-refractivity contribution in [1.29, 1.82) is 0 Å². The fourth-order valence-electron chi connectivity index (χ4n) is 10.2. The first-order valence-electron chi connectivity index (χ1n) is 30.5. The molecule has 2 heterocycles. The number of hydrogen-bond donors (Lipinski definition) is 12. The van der Waals surface area contributed by atoms with Crippen LogP contribution in [0.2, 0.25) is 0 Å². The second-order valence-electron chi connectivity index (χ2n) is 22.2. The third-order valence-electron chi connectivity index (χ3n) is 15.3. The molecule has 3 fully saturated rings. The number of aliphatic hydroxyl groups excluding tert-OH is 11. The van der Waals surface area contributed by atoms with Gasteiger partial charge in [-0.1, -0.05) is 167 Å². The highest BCUT2D eigenvalue weighted by Gasteiger charge is 2.58. The number of phosphoric ester groups is 1. The molecule has 16 unspecified atom stereocenters. The summed E-state index contributed by atoms with van der Waals surface area (Å²) in [5.74, 6) is -1.34. The van der Waals surface area contributed by atoms with Gasteiger partial charge in [-0.25, -0.2) is 4.57 Å². The minimum absolute atomic E-state index is 0.0488.